The molecule has 244 valence electrons. The molecule has 0 atom stereocenters. The van der Waals surface area contributed by atoms with Gasteiger partial charge in [0.1, 0.15) is 5.82 Å². The SMILES string of the molecule is COC1CN(C(=O)c2cccc3nc(NC(=O)c4sc5c(C(C)=O)ccc(CO[Si](C(C)C)(C(C)C)C(C)C)c5c4C)ccc23)C1. The number of aromatic nitrogens is 1. The number of amides is 2. The molecule has 0 saturated carbocycles. The number of aryl methyl sites for hydroxylation is 1. The lowest BCUT2D eigenvalue weighted by atomic mass is 10.0. The third kappa shape index (κ3) is 6.03. The summed E-state index contributed by atoms with van der Waals surface area (Å²) in [4.78, 5) is 46.5. The molecule has 2 aromatic carbocycles. The molecule has 1 aliphatic heterocycles. The van der Waals surface area contributed by atoms with Gasteiger partial charge in [0.25, 0.3) is 11.8 Å². The van der Waals surface area contributed by atoms with E-state index in [1.54, 1.807) is 37.1 Å². The number of benzene rings is 2. The lowest BCUT2D eigenvalue weighted by molar-refractivity contribution is -0.0191. The average Bonchev–Trinajstić information content (AvgIpc) is 3.33. The van der Waals surface area contributed by atoms with Crippen LogP contribution in [0.15, 0.2) is 42.5 Å². The van der Waals surface area contributed by atoms with Gasteiger partial charge in [-0.05, 0) is 71.9 Å². The zero-order valence-electron chi connectivity index (χ0n) is 28.3. The number of carbonyl (C=O) groups is 3. The van der Waals surface area contributed by atoms with Crippen molar-refractivity contribution in [3.63, 3.8) is 0 Å². The first-order valence-corrected chi connectivity index (χ1v) is 19.0. The number of pyridine rings is 1. The summed E-state index contributed by atoms with van der Waals surface area (Å²) in [7, 11) is -0.489. The van der Waals surface area contributed by atoms with Crippen LogP contribution in [-0.2, 0) is 15.8 Å². The number of hydrogen-bond acceptors (Lipinski definition) is 7. The summed E-state index contributed by atoms with van der Waals surface area (Å²) in [5.74, 6) is -0.00660. The molecular weight excluding hydrogens is 615 g/mol. The van der Waals surface area contributed by atoms with Gasteiger partial charge in [-0.2, -0.15) is 0 Å². The van der Waals surface area contributed by atoms with Crippen molar-refractivity contribution in [2.75, 3.05) is 25.5 Å². The number of ether oxygens (including phenoxy) is 1. The highest BCUT2D eigenvalue weighted by Gasteiger charge is 2.45. The molecule has 1 saturated heterocycles. The Hall–Kier alpha value is -3.44. The number of anilines is 1. The first-order chi connectivity index (χ1) is 21.8. The van der Waals surface area contributed by atoms with Gasteiger partial charge in [0.2, 0.25) is 8.32 Å². The van der Waals surface area contributed by atoms with Gasteiger partial charge in [0.05, 0.1) is 23.1 Å². The van der Waals surface area contributed by atoms with Gasteiger partial charge in [-0.25, -0.2) is 4.98 Å². The monoisotopic (exact) mass is 659 g/mol. The molecule has 3 heterocycles. The maximum absolute atomic E-state index is 13.8. The second-order valence-corrected chi connectivity index (χ2v) is 19.8. The minimum absolute atomic E-state index is 0.0431. The Kier molecular flexibility index (Phi) is 9.84. The van der Waals surface area contributed by atoms with Crippen molar-refractivity contribution in [1.82, 2.24) is 9.88 Å². The summed E-state index contributed by atoms with van der Waals surface area (Å²) >= 11 is 1.33. The number of hydrogen-bond donors (Lipinski definition) is 1. The third-order valence-corrected chi connectivity index (χ3v) is 17.0. The zero-order valence-corrected chi connectivity index (χ0v) is 30.1. The Morgan fingerprint density at radius 3 is 2.26 bits per heavy atom. The lowest BCUT2D eigenvalue weighted by Gasteiger charge is -2.42. The van der Waals surface area contributed by atoms with E-state index < -0.39 is 8.32 Å². The number of likely N-dealkylation sites (tertiary alicyclic amines) is 1. The number of fused-ring (bicyclic) bond motifs is 2. The minimum Gasteiger partial charge on any atom is -0.412 e. The molecule has 0 radical (unpaired) electrons. The summed E-state index contributed by atoms with van der Waals surface area (Å²) in [5, 5.41) is 4.61. The summed E-state index contributed by atoms with van der Waals surface area (Å²) < 4.78 is 13.1. The molecule has 4 aromatic rings. The van der Waals surface area contributed by atoms with Crippen LogP contribution in [0.5, 0.6) is 0 Å². The number of rotatable bonds is 11. The van der Waals surface area contributed by atoms with Crippen molar-refractivity contribution in [3.05, 3.63) is 69.6 Å². The van der Waals surface area contributed by atoms with Crippen molar-refractivity contribution < 1.29 is 23.5 Å². The Morgan fingerprint density at radius 1 is 0.978 bits per heavy atom. The van der Waals surface area contributed by atoms with E-state index in [2.05, 4.69) is 51.8 Å². The fourth-order valence-corrected chi connectivity index (χ4v) is 14.0. The van der Waals surface area contributed by atoms with Crippen molar-refractivity contribution in [2.24, 2.45) is 0 Å². The summed E-state index contributed by atoms with van der Waals surface area (Å²) in [5.41, 5.74) is 4.92. The molecule has 46 heavy (non-hydrogen) atoms. The summed E-state index contributed by atoms with van der Waals surface area (Å²) in [6.45, 7) is 18.7. The Morgan fingerprint density at radius 2 is 1.65 bits per heavy atom. The number of ketones is 1. The average molecular weight is 660 g/mol. The number of Topliss-reactive ketones (excluding diaryl/α,β-unsaturated/α-hetero) is 1. The van der Waals surface area contributed by atoms with Crippen molar-refractivity contribution in [1.29, 1.82) is 0 Å². The largest absolute Gasteiger partial charge is 0.412 e. The molecule has 5 rings (SSSR count). The van der Waals surface area contributed by atoms with Crippen LogP contribution in [0.4, 0.5) is 5.82 Å². The van der Waals surface area contributed by atoms with Crippen LogP contribution >= 0.6 is 11.3 Å². The molecule has 1 fully saturated rings. The third-order valence-electron chi connectivity index (χ3n) is 9.61. The maximum Gasteiger partial charge on any atom is 0.267 e. The number of nitrogens with one attached hydrogen (secondary N) is 1. The second-order valence-electron chi connectivity index (χ2n) is 13.3. The molecule has 0 bridgehead atoms. The van der Waals surface area contributed by atoms with E-state index in [-0.39, 0.29) is 23.7 Å². The van der Waals surface area contributed by atoms with E-state index in [0.717, 1.165) is 26.6 Å². The van der Waals surface area contributed by atoms with Crippen LogP contribution in [0.2, 0.25) is 16.6 Å². The van der Waals surface area contributed by atoms with E-state index in [1.165, 1.54) is 11.3 Å². The molecular formula is C36H45N3O5SSi. The van der Waals surface area contributed by atoms with E-state index in [9.17, 15) is 14.4 Å². The molecule has 0 spiro atoms. The minimum atomic E-state index is -2.14. The van der Waals surface area contributed by atoms with Crippen LogP contribution in [0.25, 0.3) is 21.0 Å². The van der Waals surface area contributed by atoms with Crippen molar-refractivity contribution in [3.8, 4) is 0 Å². The maximum atomic E-state index is 13.8. The summed E-state index contributed by atoms with van der Waals surface area (Å²) in [6, 6.07) is 12.8. The number of thiophene rings is 1. The van der Waals surface area contributed by atoms with E-state index in [1.807, 2.05) is 31.2 Å². The summed E-state index contributed by atoms with van der Waals surface area (Å²) in [6.07, 6.45) is 0.0712. The number of carbonyl (C=O) groups excluding carboxylic acids is 3. The predicted molar refractivity (Wildman–Crippen MR) is 189 cm³/mol. The van der Waals surface area contributed by atoms with Crippen LogP contribution in [-0.4, -0.2) is 62.1 Å². The molecule has 8 nitrogen and oxygen atoms in total. The van der Waals surface area contributed by atoms with Gasteiger partial charge >= 0.3 is 0 Å². The van der Waals surface area contributed by atoms with Crippen LogP contribution in [0, 0.1) is 6.92 Å². The molecule has 1 N–H and O–H groups in total. The molecule has 0 aliphatic carbocycles. The molecule has 2 amide bonds. The smallest absolute Gasteiger partial charge is 0.267 e. The molecule has 10 heteroatoms. The highest BCUT2D eigenvalue weighted by molar-refractivity contribution is 7.21. The second kappa shape index (κ2) is 13.3. The fourth-order valence-electron chi connectivity index (χ4n) is 7.26. The van der Waals surface area contributed by atoms with Crippen LogP contribution < -0.4 is 5.32 Å². The number of methoxy groups -OCH3 is 1. The lowest BCUT2D eigenvalue weighted by Crippen LogP contribution is -2.54. The van der Waals surface area contributed by atoms with Crippen LogP contribution in [0.1, 0.15) is 90.0 Å². The Bertz CT molecular complexity index is 1790. The standard InChI is InChI=1S/C36H45N3O5SSi/c1-20(2)46(21(3)4,22(5)6)44-19-25-13-14-27(24(8)40)34-32(25)23(7)33(45-34)35(41)38-31-16-15-28-29(11-10-12-30(28)37-31)36(42)39-17-26(18-39)43-9/h10-16,20-22,26H,17-19H2,1-9H3,(H,37,38,41). The molecule has 2 aromatic heterocycles. The highest BCUT2D eigenvalue weighted by Crippen LogP contribution is 2.44. The normalized spacial score (nSPS) is 14.1. The fraction of sp³-hybridized carbons (Fsp3) is 0.444. The van der Waals surface area contributed by atoms with E-state index in [0.29, 0.717) is 63.7 Å². The topological polar surface area (TPSA) is 97.8 Å². The first-order valence-electron chi connectivity index (χ1n) is 16.0. The van der Waals surface area contributed by atoms with Gasteiger partial charge in [0, 0.05) is 46.8 Å². The zero-order chi connectivity index (χ0) is 33.5. The van der Waals surface area contributed by atoms with E-state index >= 15 is 0 Å². The molecule has 1 aliphatic rings. The van der Waals surface area contributed by atoms with Gasteiger partial charge in [-0.15, -0.1) is 11.3 Å². The Balaban J connectivity index is 1.45. The number of nitrogens with zero attached hydrogens (tertiary/aromatic N) is 2. The quantitative estimate of drug-likeness (QED) is 0.128. The first kappa shape index (κ1) is 33.9. The van der Waals surface area contributed by atoms with Crippen molar-refractivity contribution in [2.45, 2.75) is 84.7 Å². The van der Waals surface area contributed by atoms with Gasteiger partial charge < -0.3 is 19.4 Å². The van der Waals surface area contributed by atoms with Gasteiger partial charge in [0.15, 0.2) is 5.78 Å². The van der Waals surface area contributed by atoms with Gasteiger partial charge in [-0.3, -0.25) is 14.4 Å². The highest BCUT2D eigenvalue weighted by atomic mass is 32.1. The van der Waals surface area contributed by atoms with E-state index in [4.69, 9.17) is 9.16 Å². The Labute approximate surface area is 276 Å². The molecule has 0 unspecified atom stereocenters. The van der Waals surface area contributed by atoms with Crippen LogP contribution in [0.3, 0.4) is 0 Å². The van der Waals surface area contributed by atoms with Crippen molar-refractivity contribution >= 4 is 64.1 Å². The predicted octanol–water partition coefficient (Wildman–Crippen LogP) is 8.38. The van der Waals surface area contributed by atoms with Gasteiger partial charge in [-0.1, -0.05) is 53.7 Å².